The van der Waals surface area contributed by atoms with E-state index in [1.54, 1.807) is 6.26 Å². The highest BCUT2D eigenvalue weighted by Gasteiger charge is 2.33. The van der Waals surface area contributed by atoms with Crippen molar-refractivity contribution in [1.82, 2.24) is 4.98 Å². The molecule has 4 heterocycles. The zero-order valence-corrected chi connectivity index (χ0v) is 15.4. The third kappa shape index (κ3) is 3.03. The molecule has 0 unspecified atom stereocenters. The molecule has 2 aliphatic rings. The van der Waals surface area contributed by atoms with Gasteiger partial charge in [-0.05, 0) is 29.7 Å². The number of nitrogens with zero attached hydrogens (tertiary/aromatic N) is 3. The normalized spacial score (nSPS) is 19.3. The van der Waals surface area contributed by atoms with E-state index in [0.717, 1.165) is 59.2 Å². The Kier molecular flexibility index (Phi) is 4.22. The van der Waals surface area contributed by atoms with Crippen LogP contribution in [0.4, 0.5) is 5.82 Å². The fourth-order valence-corrected chi connectivity index (χ4v) is 4.58. The molecule has 5 nitrogen and oxygen atoms in total. The molecule has 0 aliphatic carbocycles. The first-order valence-corrected chi connectivity index (χ1v) is 9.54. The van der Waals surface area contributed by atoms with Crippen LogP contribution in [0, 0.1) is 11.3 Å². The van der Waals surface area contributed by atoms with Crippen molar-refractivity contribution in [1.29, 1.82) is 5.26 Å². The van der Waals surface area contributed by atoms with Gasteiger partial charge in [-0.25, -0.2) is 4.98 Å². The summed E-state index contributed by atoms with van der Waals surface area (Å²) in [6.07, 6.45) is 2.54. The lowest BCUT2D eigenvalue weighted by Gasteiger charge is -2.35. The summed E-state index contributed by atoms with van der Waals surface area (Å²) in [5.41, 5.74) is 3.88. The molecule has 2 aromatic rings. The third-order valence-electron chi connectivity index (χ3n) is 4.78. The predicted octanol–water partition coefficient (Wildman–Crippen LogP) is 3.62. The molecule has 25 heavy (non-hydrogen) atoms. The number of hydrogen-bond donors (Lipinski definition) is 0. The predicted molar refractivity (Wildman–Crippen MR) is 98.8 cm³/mol. The maximum absolute atomic E-state index is 9.92. The summed E-state index contributed by atoms with van der Waals surface area (Å²) in [6.45, 7) is 7.33. The van der Waals surface area contributed by atoms with E-state index >= 15 is 0 Å². The smallest absolute Gasteiger partial charge is 0.152 e. The lowest BCUT2D eigenvalue weighted by molar-refractivity contribution is 0.122. The van der Waals surface area contributed by atoms with Gasteiger partial charge in [0.05, 0.1) is 25.0 Å². The van der Waals surface area contributed by atoms with Gasteiger partial charge in [0.25, 0.3) is 0 Å². The Labute approximate surface area is 152 Å². The van der Waals surface area contributed by atoms with Crippen LogP contribution in [0.15, 0.2) is 22.8 Å². The summed E-state index contributed by atoms with van der Waals surface area (Å²) in [5, 5.41) is 9.92. The first-order valence-electron chi connectivity index (χ1n) is 8.55. The van der Waals surface area contributed by atoms with Crippen LogP contribution in [0.3, 0.4) is 0 Å². The molecule has 0 N–H and O–H groups in total. The highest BCUT2D eigenvalue weighted by Crippen LogP contribution is 2.44. The zero-order valence-electron chi connectivity index (χ0n) is 14.5. The molecule has 0 atom stereocenters. The van der Waals surface area contributed by atoms with Crippen molar-refractivity contribution >= 4 is 17.6 Å². The fraction of sp³-hybridized carbons (Fsp3) is 0.474. The molecular weight excluding hydrogens is 334 g/mol. The van der Waals surface area contributed by atoms with Crippen LogP contribution in [-0.4, -0.2) is 36.0 Å². The Morgan fingerprint density at radius 2 is 2.08 bits per heavy atom. The van der Waals surface area contributed by atoms with Gasteiger partial charge in [-0.15, -0.1) is 0 Å². The molecule has 6 heteroatoms. The summed E-state index contributed by atoms with van der Waals surface area (Å²) >= 11 is 1.91. The van der Waals surface area contributed by atoms with Gasteiger partial charge in [-0.1, -0.05) is 13.8 Å². The lowest BCUT2D eigenvalue weighted by Crippen LogP contribution is -2.38. The number of furan rings is 1. The van der Waals surface area contributed by atoms with Crippen molar-refractivity contribution in [3.05, 3.63) is 35.1 Å². The molecule has 0 bridgehead atoms. The molecule has 1 saturated heterocycles. The van der Waals surface area contributed by atoms with Gasteiger partial charge < -0.3 is 14.1 Å². The maximum Gasteiger partial charge on any atom is 0.152 e. The SMILES string of the molecule is CC1(C)Cc2c(C#N)c(N3CCOCC3)nc(-c3ccco3)c2CS1. The van der Waals surface area contributed by atoms with Crippen LogP contribution in [0.1, 0.15) is 30.5 Å². The molecule has 0 aromatic carbocycles. The average Bonchev–Trinajstić information content (AvgIpc) is 3.14. The van der Waals surface area contributed by atoms with Gasteiger partial charge in [0, 0.05) is 23.6 Å². The van der Waals surface area contributed by atoms with Crippen molar-refractivity contribution in [2.45, 2.75) is 30.8 Å². The van der Waals surface area contributed by atoms with Crippen molar-refractivity contribution in [2.24, 2.45) is 0 Å². The Morgan fingerprint density at radius 3 is 2.76 bits per heavy atom. The van der Waals surface area contributed by atoms with Gasteiger partial charge in [0.1, 0.15) is 17.6 Å². The summed E-state index contributed by atoms with van der Waals surface area (Å²) < 4.78 is 11.2. The van der Waals surface area contributed by atoms with Crippen LogP contribution < -0.4 is 4.90 Å². The summed E-state index contributed by atoms with van der Waals surface area (Å²) in [5.74, 6) is 2.40. The van der Waals surface area contributed by atoms with Gasteiger partial charge in [0.2, 0.25) is 0 Å². The van der Waals surface area contributed by atoms with Gasteiger partial charge in [-0.2, -0.15) is 17.0 Å². The number of rotatable bonds is 2. The number of ether oxygens (including phenoxy) is 1. The molecular formula is C19H21N3O2S. The van der Waals surface area contributed by atoms with E-state index in [1.807, 2.05) is 23.9 Å². The topological polar surface area (TPSA) is 62.3 Å². The number of nitriles is 1. The minimum absolute atomic E-state index is 0.114. The van der Waals surface area contributed by atoms with Crippen LogP contribution in [0.25, 0.3) is 11.5 Å². The molecule has 1 fully saturated rings. The van der Waals surface area contributed by atoms with Gasteiger partial charge >= 0.3 is 0 Å². The van der Waals surface area contributed by atoms with Gasteiger partial charge in [0.15, 0.2) is 5.76 Å². The molecule has 0 spiro atoms. The maximum atomic E-state index is 9.92. The standard InChI is InChI=1S/C19H21N3O2S/c1-19(2)10-13-14(11-20)18(22-5-8-23-9-6-22)21-17(15(13)12-25-19)16-4-3-7-24-16/h3-4,7H,5-6,8-10,12H2,1-2H3. The van der Waals surface area contributed by atoms with E-state index in [4.69, 9.17) is 14.1 Å². The van der Waals surface area contributed by atoms with Crippen LogP contribution >= 0.6 is 11.8 Å². The van der Waals surface area contributed by atoms with Crippen molar-refractivity contribution in [3.63, 3.8) is 0 Å². The molecule has 2 aliphatic heterocycles. The minimum Gasteiger partial charge on any atom is -0.463 e. The first-order chi connectivity index (χ1) is 12.1. The number of aromatic nitrogens is 1. The monoisotopic (exact) mass is 355 g/mol. The zero-order chi connectivity index (χ0) is 17.4. The van der Waals surface area contributed by atoms with E-state index < -0.39 is 0 Å². The third-order valence-corrected chi connectivity index (χ3v) is 6.14. The number of thioether (sulfide) groups is 1. The quantitative estimate of drug-likeness (QED) is 0.820. The lowest BCUT2D eigenvalue weighted by atomic mass is 9.91. The Hall–Kier alpha value is -1.97. The summed E-state index contributed by atoms with van der Waals surface area (Å²) in [4.78, 5) is 7.08. The first kappa shape index (κ1) is 16.5. The number of morpholine rings is 1. The van der Waals surface area contributed by atoms with E-state index in [0.29, 0.717) is 13.2 Å². The molecule has 0 radical (unpaired) electrons. The number of pyridine rings is 1. The van der Waals surface area contributed by atoms with Crippen LogP contribution in [-0.2, 0) is 16.9 Å². The van der Waals surface area contributed by atoms with Gasteiger partial charge in [-0.3, -0.25) is 0 Å². The molecule has 0 amide bonds. The number of anilines is 1. The Bertz CT molecular complexity index is 818. The van der Waals surface area contributed by atoms with Crippen molar-refractivity contribution in [2.75, 3.05) is 31.2 Å². The van der Waals surface area contributed by atoms with Crippen molar-refractivity contribution < 1.29 is 9.15 Å². The molecule has 0 saturated carbocycles. The van der Waals surface area contributed by atoms with E-state index in [1.165, 1.54) is 0 Å². The second kappa shape index (κ2) is 6.40. The number of fused-ring (bicyclic) bond motifs is 1. The van der Waals surface area contributed by atoms with Crippen molar-refractivity contribution in [3.8, 4) is 17.5 Å². The second-order valence-corrected chi connectivity index (χ2v) is 8.71. The molecule has 4 rings (SSSR count). The Morgan fingerprint density at radius 1 is 1.28 bits per heavy atom. The largest absolute Gasteiger partial charge is 0.463 e. The number of hydrogen-bond acceptors (Lipinski definition) is 6. The summed E-state index contributed by atoms with van der Waals surface area (Å²) in [7, 11) is 0. The average molecular weight is 355 g/mol. The highest BCUT2D eigenvalue weighted by atomic mass is 32.2. The Balaban J connectivity index is 1.92. The van der Waals surface area contributed by atoms with E-state index in [-0.39, 0.29) is 4.75 Å². The van der Waals surface area contributed by atoms with E-state index in [9.17, 15) is 5.26 Å². The van der Waals surface area contributed by atoms with Crippen LogP contribution in [0.2, 0.25) is 0 Å². The minimum atomic E-state index is 0.114. The van der Waals surface area contributed by atoms with E-state index in [2.05, 4.69) is 24.8 Å². The highest BCUT2D eigenvalue weighted by molar-refractivity contribution is 7.99. The molecule has 130 valence electrons. The molecule has 2 aromatic heterocycles. The summed E-state index contributed by atoms with van der Waals surface area (Å²) in [6, 6.07) is 6.28. The second-order valence-electron chi connectivity index (χ2n) is 7.03. The fourth-order valence-electron chi connectivity index (χ4n) is 3.49. The van der Waals surface area contributed by atoms with Crippen LogP contribution in [0.5, 0.6) is 0 Å².